The van der Waals surface area contributed by atoms with Crippen LogP contribution in [0.25, 0.3) is 0 Å². The molecule has 4 heteroatoms. The first-order valence-corrected chi connectivity index (χ1v) is 4.09. The summed E-state index contributed by atoms with van der Waals surface area (Å²) in [5, 5.41) is 8.96. The fraction of sp³-hybridized carbons (Fsp3) is 0.222. The molecular formula is C9H9ClO3. The van der Waals surface area contributed by atoms with E-state index in [1.807, 2.05) is 0 Å². The summed E-state index contributed by atoms with van der Waals surface area (Å²) in [6.07, 6.45) is 0. The quantitative estimate of drug-likeness (QED) is 0.598. The molecule has 0 heterocycles. The van der Waals surface area contributed by atoms with Gasteiger partial charge in [0.05, 0.1) is 0 Å². The molecule has 0 spiro atoms. The first-order chi connectivity index (χ1) is 6.15. The number of hydrogen-bond donors (Lipinski definition) is 1. The van der Waals surface area contributed by atoms with Crippen molar-refractivity contribution in [3.8, 4) is 5.75 Å². The zero-order valence-electron chi connectivity index (χ0n) is 7.03. The Bertz CT molecular complexity index is 294. The van der Waals surface area contributed by atoms with Gasteiger partial charge < -0.3 is 9.84 Å². The molecule has 1 aromatic carbocycles. The number of ketones is 1. The van der Waals surface area contributed by atoms with E-state index in [0.717, 1.165) is 0 Å². The summed E-state index contributed by atoms with van der Waals surface area (Å²) in [5.74, 6) is -0.204. The lowest BCUT2D eigenvalue weighted by molar-refractivity contribution is 0.0782. The second kappa shape index (κ2) is 4.25. The van der Waals surface area contributed by atoms with Gasteiger partial charge in [-0.3, -0.25) is 4.79 Å². The molecule has 1 aromatic rings. The first-order valence-electron chi connectivity index (χ1n) is 3.65. The topological polar surface area (TPSA) is 46.5 Å². The molecule has 0 aliphatic rings. The Morgan fingerprint density at radius 2 is 2.00 bits per heavy atom. The van der Waals surface area contributed by atoms with E-state index < -0.39 is 5.56 Å². The molecule has 1 N–H and O–H groups in total. The number of ether oxygens (including phenoxy) is 1. The highest BCUT2D eigenvalue weighted by molar-refractivity contribution is 6.32. The van der Waals surface area contributed by atoms with Crippen molar-refractivity contribution >= 4 is 17.4 Å². The Balaban J connectivity index is 2.83. The van der Waals surface area contributed by atoms with Gasteiger partial charge in [0.2, 0.25) is 5.78 Å². The standard InChI is InChI=1S/C9H9ClO3/c1-13-9(10)8(12)6-2-4-7(11)5-3-6/h2-5,9,11H,1H3. The number of aromatic hydroxyl groups is 1. The van der Waals surface area contributed by atoms with Gasteiger partial charge in [-0.2, -0.15) is 0 Å². The minimum absolute atomic E-state index is 0.111. The molecule has 1 rings (SSSR count). The molecule has 1 unspecified atom stereocenters. The first kappa shape index (κ1) is 10.0. The van der Waals surface area contributed by atoms with Crippen molar-refractivity contribution in [1.82, 2.24) is 0 Å². The van der Waals surface area contributed by atoms with E-state index in [0.29, 0.717) is 5.56 Å². The van der Waals surface area contributed by atoms with Gasteiger partial charge in [-0.15, -0.1) is 0 Å². The van der Waals surface area contributed by atoms with Crippen LogP contribution in [-0.4, -0.2) is 23.6 Å². The van der Waals surface area contributed by atoms with Gasteiger partial charge in [0, 0.05) is 12.7 Å². The molecular weight excluding hydrogens is 192 g/mol. The van der Waals surface area contributed by atoms with Gasteiger partial charge >= 0.3 is 0 Å². The number of hydrogen-bond acceptors (Lipinski definition) is 3. The van der Waals surface area contributed by atoms with Crippen LogP contribution in [-0.2, 0) is 4.74 Å². The Morgan fingerprint density at radius 1 is 1.46 bits per heavy atom. The third-order valence-electron chi connectivity index (χ3n) is 1.56. The number of phenols is 1. The van der Waals surface area contributed by atoms with Gasteiger partial charge in [0.15, 0.2) is 5.56 Å². The number of methoxy groups -OCH3 is 1. The molecule has 0 bridgehead atoms. The van der Waals surface area contributed by atoms with Crippen LogP contribution in [0.3, 0.4) is 0 Å². The SMILES string of the molecule is COC(Cl)C(=O)c1ccc(O)cc1. The van der Waals surface area contributed by atoms with Crippen LogP contribution in [0.1, 0.15) is 10.4 Å². The molecule has 13 heavy (non-hydrogen) atoms. The van der Waals surface area contributed by atoms with Crippen molar-refractivity contribution in [2.45, 2.75) is 5.56 Å². The summed E-state index contributed by atoms with van der Waals surface area (Å²) in [6.45, 7) is 0. The molecule has 70 valence electrons. The summed E-state index contributed by atoms with van der Waals surface area (Å²) >= 11 is 5.56. The molecule has 0 saturated carbocycles. The third-order valence-corrected chi connectivity index (χ3v) is 1.94. The van der Waals surface area contributed by atoms with Crippen LogP contribution in [0.15, 0.2) is 24.3 Å². The maximum absolute atomic E-state index is 11.3. The van der Waals surface area contributed by atoms with Crippen molar-refractivity contribution < 1.29 is 14.6 Å². The zero-order chi connectivity index (χ0) is 9.84. The van der Waals surface area contributed by atoms with Crippen molar-refractivity contribution in [2.24, 2.45) is 0 Å². The van der Waals surface area contributed by atoms with Gasteiger partial charge in [0.1, 0.15) is 5.75 Å². The number of alkyl halides is 1. The van der Waals surface area contributed by atoms with Gasteiger partial charge in [-0.25, -0.2) is 0 Å². The maximum Gasteiger partial charge on any atom is 0.206 e. The predicted octanol–water partition coefficient (Wildman–Crippen LogP) is 1.79. The maximum atomic E-state index is 11.3. The lowest BCUT2D eigenvalue weighted by Crippen LogP contribution is -2.16. The number of halogens is 1. The van der Waals surface area contributed by atoms with Crippen molar-refractivity contribution in [3.63, 3.8) is 0 Å². The van der Waals surface area contributed by atoms with Crippen LogP contribution < -0.4 is 0 Å². The summed E-state index contributed by atoms with van der Waals surface area (Å²) < 4.78 is 4.65. The summed E-state index contributed by atoms with van der Waals surface area (Å²) in [7, 11) is 1.36. The second-order valence-corrected chi connectivity index (χ2v) is 2.86. The molecule has 0 aliphatic carbocycles. The molecule has 3 nitrogen and oxygen atoms in total. The van der Waals surface area contributed by atoms with Crippen LogP contribution in [0.4, 0.5) is 0 Å². The van der Waals surface area contributed by atoms with E-state index >= 15 is 0 Å². The monoisotopic (exact) mass is 200 g/mol. The predicted molar refractivity (Wildman–Crippen MR) is 49.1 cm³/mol. The normalized spacial score (nSPS) is 12.5. The number of carbonyl (C=O) groups is 1. The number of rotatable bonds is 3. The van der Waals surface area contributed by atoms with E-state index in [1.165, 1.54) is 31.4 Å². The van der Waals surface area contributed by atoms with E-state index in [-0.39, 0.29) is 11.5 Å². The average molecular weight is 201 g/mol. The van der Waals surface area contributed by atoms with Gasteiger partial charge in [0.25, 0.3) is 0 Å². The van der Waals surface area contributed by atoms with E-state index in [9.17, 15) is 4.79 Å². The Hall–Kier alpha value is -1.06. The third kappa shape index (κ3) is 2.44. The molecule has 0 aliphatic heterocycles. The highest BCUT2D eigenvalue weighted by Crippen LogP contribution is 2.13. The van der Waals surface area contributed by atoms with E-state index in [2.05, 4.69) is 4.74 Å². The molecule has 0 aromatic heterocycles. The summed E-state index contributed by atoms with van der Waals surface area (Å²) in [6, 6.07) is 5.83. The Morgan fingerprint density at radius 3 is 2.46 bits per heavy atom. The summed E-state index contributed by atoms with van der Waals surface area (Å²) in [5.41, 5.74) is -0.552. The van der Waals surface area contributed by atoms with Crippen molar-refractivity contribution in [3.05, 3.63) is 29.8 Å². The average Bonchev–Trinajstić information content (AvgIpc) is 2.17. The molecule has 0 saturated heterocycles. The smallest absolute Gasteiger partial charge is 0.206 e. The Labute approximate surface area is 80.9 Å². The minimum Gasteiger partial charge on any atom is -0.508 e. The fourth-order valence-corrected chi connectivity index (χ4v) is 0.990. The number of benzene rings is 1. The van der Waals surface area contributed by atoms with Crippen LogP contribution in [0, 0.1) is 0 Å². The Kier molecular flexibility index (Phi) is 3.28. The van der Waals surface area contributed by atoms with Crippen LogP contribution in [0.5, 0.6) is 5.75 Å². The summed E-state index contributed by atoms with van der Waals surface area (Å²) in [4.78, 5) is 11.3. The largest absolute Gasteiger partial charge is 0.508 e. The van der Waals surface area contributed by atoms with E-state index in [4.69, 9.17) is 16.7 Å². The number of phenolic OH excluding ortho intramolecular Hbond substituents is 1. The highest BCUT2D eigenvalue weighted by atomic mass is 35.5. The van der Waals surface area contributed by atoms with Gasteiger partial charge in [-0.05, 0) is 24.3 Å². The number of Topliss-reactive ketones (excluding diaryl/α,β-unsaturated/α-hetero) is 1. The van der Waals surface area contributed by atoms with E-state index in [1.54, 1.807) is 0 Å². The molecule has 1 atom stereocenters. The van der Waals surface area contributed by atoms with Crippen LogP contribution >= 0.6 is 11.6 Å². The lowest BCUT2D eigenvalue weighted by atomic mass is 10.1. The molecule has 0 radical (unpaired) electrons. The lowest BCUT2D eigenvalue weighted by Gasteiger charge is -2.05. The molecule has 0 fully saturated rings. The van der Waals surface area contributed by atoms with Crippen LogP contribution in [0.2, 0.25) is 0 Å². The second-order valence-electron chi connectivity index (χ2n) is 2.46. The molecule has 0 amide bonds. The number of carbonyl (C=O) groups excluding carboxylic acids is 1. The van der Waals surface area contributed by atoms with Gasteiger partial charge in [-0.1, -0.05) is 11.6 Å². The van der Waals surface area contributed by atoms with Crippen molar-refractivity contribution in [2.75, 3.05) is 7.11 Å². The highest BCUT2D eigenvalue weighted by Gasteiger charge is 2.15. The minimum atomic E-state index is -0.968. The van der Waals surface area contributed by atoms with Crippen molar-refractivity contribution in [1.29, 1.82) is 0 Å². The zero-order valence-corrected chi connectivity index (χ0v) is 7.78. The fourth-order valence-electron chi connectivity index (χ4n) is 0.864.